The lowest BCUT2D eigenvalue weighted by molar-refractivity contribution is 0.164. The molecule has 1 N–H and O–H groups in total. The minimum Gasteiger partial charge on any atom is -0.383 e. The molecule has 1 saturated carbocycles. The summed E-state index contributed by atoms with van der Waals surface area (Å²) in [5.74, 6) is 0. The van der Waals surface area contributed by atoms with Crippen LogP contribution in [-0.2, 0) is 4.74 Å². The van der Waals surface area contributed by atoms with Crippen molar-refractivity contribution in [1.29, 1.82) is 0 Å². The summed E-state index contributed by atoms with van der Waals surface area (Å²) < 4.78 is 5.72. The number of nitrogens with one attached hydrogen (secondary N) is 1. The van der Waals surface area contributed by atoms with Crippen LogP contribution in [0.2, 0.25) is 0 Å². The van der Waals surface area contributed by atoms with Crippen LogP contribution in [0.15, 0.2) is 0 Å². The minimum atomic E-state index is 0.537. The number of methoxy groups -OCH3 is 1. The molecule has 0 bridgehead atoms. The van der Waals surface area contributed by atoms with Gasteiger partial charge in [-0.1, -0.05) is 6.92 Å². The highest BCUT2D eigenvalue weighted by atomic mass is 32.2. The van der Waals surface area contributed by atoms with Gasteiger partial charge >= 0.3 is 0 Å². The van der Waals surface area contributed by atoms with Crippen molar-refractivity contribution in [3.8, 4) is 0 Å². The molecule has 1 unspecified atom stereocenters. The van der Waals surface area contributed by atoms with Crippen molar-refractivity contribution in [3.05, 3.63) is 0 Å². The van der Waals surface area contributed by atoms with E-state index in [4.69, 9.17) is 4.74 Å². The standard InChI is InChI=1S/C10H21NOS/c1-4-9(7-12-2)11-8-10(13-3)5-6-10/h9,11H,4-8H2,1-3H3. The van der Waals surface area contributed by atoms with Gasteiger partial charge in [-0.15, -0.1) is 0 Å². The lowest BCUT2D eigenvalue weighted by atomic mass is 10.2. The van der Waals surface area contributed by atoms with Crippen LogP contribution >= 0.6 is 11.8 Å². The van der Waals surface area contributed by atoms with Gasteiger partial charge in [0.25, 0.3) is 0 Å². The molecule has 0 saturated heterocycles. The lowest BCUT2D eigenvalue weighted by Gasteiger charge is -2.19. The van der Waals surface area contributed by atoms with Gasteiger partial charge in [0.1, 0.15) is 0 Å². The Balaban J connectivity index is 2.15. The number of hydrogen-bond donors (Lipinski definition) is 1. The van der Waals surface area contributed by atoms with Gasteiger partial charge in [-0.25, -0.2) is 0 Å². The molecule has 1 aliphatic carbocycles. The number of rotatable bonds is 7. The van der Waals surface area contributed by atoms with E-state index in [0.717, 1.165) is 19.6 Å². The van der Waals surface area contributed by atoms with Crippen molar-refractivity contribution in [2.45, 2.75) is 37.0 Å². The fourth-order valence-electron chi connectivity index (χ4n) is 1.45. The van der Waals surface area contributed by atoms with Gasteiger partial charge in [0.05, 0.1) is 6.61 Å². The summed E-state index contributed by atoms with van der Waals surface area (Å²) in [7, 11) is 1.77. The summed E-state index contributed by atoms with van der Waals surface area (Å²) >= 11 is 2.01. The second kappa shape index (κ2) is 5.23. The Morgan fingerprint density at radius 2 is 2.23 bits per heavy atom. The Kier molecular flexibility index (Phi) is 4.56. The normalized spacial score (nSPS) is 21.5. The summed E-state index contributed by atoms with van der Waals surface area (Å²) in [4.78, 5) is 0. The van der Waals surface area contributed by atoms with Gasteiger partial charge in [-0.2, -0.15) is 11.8 Å². The molecule has 0 aromatic rings. The zero-order chi connectivity index (χ0) is 9.73. The first-order chi connectivity index (χ1) is 6.26. The van der Waals surface area contributed by atoms with Crippen molar-refractivity contribution in [2.75, 3.05) is 26.5 Å². The van der Waals surface area contributed by atoms with Gasteiger partial charge in [0.15, 0.2) is 0 Å². The molecule has 1 fully saturated rings. The van der Waals surface area contributed by atoms with E-state index in [1.807, 2.05) is 11.8 Å². The quantitative estimate of drug-likeness (QED) is 0.683. The molecule has 0 heterocycles. The molecule has 2 nitrogen and oxygen atoms in total. The Hall–Kier alpha value is 0.270. The first-order valence-corrected chi connectivity index (χ1v) is 6.26. The maximum atomic E-state index is 5.14. The summed E-state index contributed by atoms with van der Waals surface area (Å²) in [6.45, 7) is 4.19. The maximum absolute atomic E-state index is 5.14. The van der Waals surface area contributed by atoms with Crippen LogP contribution < -0.4 is 5.32 Å². The third kappa shape index (κ3) is 3.49. The van der Waals surface area contributed by atoms with E-state index in [9.17, 15) is 0 Å². The summed E-state index contributed by atoms with van der Waals surface area (Å²) in [5.41, 5.74) is 0. The highest BCUT2D eigenvalue weighted by molar-refractivity contribution is 8.00. The molecule has 13 heavy (non-hydrogen) atoms. The average molecular weight is 203 g/mol. The van der Waals surface area contributed by atoms with Gasteiger partial charge in [0, 0.05) is 24.4 Å². The molecule has 78 valence electrons. The third-order valence-corrected chi connectivity index (χ3v) is 4.23. The van der Waals surface area contributed by atoms with Crippen molar-refractivity contribution in [1.82, 2.24) is 5.32 Å². The molecular weight excluding hydrogens is 182 g/mol. The predicted molar refractivity (Wildman–Crippen MR) is 59.4 cm³/mol. The van der Waals surface area contributed by atoms with E-state index >= 15 is 0 Å². The van der Waals surface area contributed by atoms with Gasteiger partial charge in [0.2, 0.25) is 0 Å². The summed E-state index contributed by atoms with van der Waals surface area (Å²) in [6, 6.07) is 0.537. The number of hydrogen-bond acceptors (Lipinski definition) is 3. The highest BCUT2D eigenvalue weighted by Crippen LogP contribution is 2.46. The smallest absolute Gasteiger partial charge is 0.0615 e. The molecule has 1 atom stereocenters. The fraction of sp³-hybridized carbons (Fsp3) is 1.00. The van der Waals surface area contributed by atoms with Crippen LogP contribution in [-0.4, -0.2) is 37.3 Å². The van der Waals surface area contributed by atoms with Crippen molar-refractivity contribution in [2.24, 2.45) is 0 Å². The SMILES string of the molecule is CCC(COC)NCC1(SC)CC1. The molecule has 1 aliphatic rings. The largest absolute Gasteiger partial charge is 0.383 e. The molecule has 0 amide bonds. The first kappa shape index (κ1) is 11.3. The van der Waals surface area contributed by atoms with E-state index < -0.39 is 0 Å². The Bertz CT molecular complexity index is 148. The van der Waals surface area contributed by atoms with Crippen molar-refractivity contribution >= 4 is 11.8 Å². The first-order valence-electron chi connectivity index (χ1n) is 5.04. The monoisotopic (exact) mass is 203 g/mol. The van der Waals surface area contributed by atoms with Crippen LogP contribution in [0, 0.1) is 0 Å². The maximum Gasteiger partial charge on any atom is 0.0615 e. The zero-order valence-electron chi connectivity index (χ0n) is 8.93. The molecule has 1 rings (SSSR count). The van der Waals surface area contributed by atoms with E-state index in [0.29, 0.717) is 10.8 Å². The Morgan fingerprint density at radius 1 is 1.54 bits per heavy atom. The Morgan fingerprint density at radius 3 is 2.62 bits per heavy atom. The van der Waals surface area contributed by atoms with Crippen LogP contribution in [0.5, 0.6) is 0 Å². The van der Waals surface area contributed by atoms with Gasteiger partial charge in [-0.3, -0.25) is 0 Å². The number of ether oxygens (including phenoxy) is 1. The van der Waals surface area contributed by atoms with E-state index in [2.05, 4.69) is 18.5 Å². The van der Waals surface area contributed by atoms with Gasteiger partial charge in [-0.05, 0) is 25.5 Å². The van der Waals surface area contributed by atoms with Gasteiger partial charge < -0.3 is 10.1 Å². The third-order valence-electron chi connectivity index (χ3n) is 2.81. The zero-order valence-corrected chi connectivity index (χ0v) is 9.75. The second-order valence-corrected chi connectivity index (χ2v) is 5.10. The van der Waals surface area contributed by atoms with Crippen LogP contribution in [0.25, 0.3) is 0 Å². The minimum absolute atomic E-state index is 0.537. The van der Waals surface area contributed by atoms with Crippen molar-refractivity contribution < 1.29 is 4.74 Å². The molecule has 0 spiro atoms. The molecule has 3 heteroatoms. The van der Waals surface area contributed by atoms with E-state index in [1.165, 1.54) is 12.8 Å². The number of thioether (sulfide) groups is 1. The Labute approximate surface area is 85.8 Å². The fourth-order valence-corrected chi connectivity index (χ4v) is 2.18. The molecule has 0 aromatic carbocycles. The molecule has 0 aliphatic heterocycles. The average Bonchev–Trinajstić information content (AvgIpc) is 2.93. The van der Waals surface area contributed by atoms with Crippen LogP contribution in [0.4, 0.5) is 0 Å². The predicted octanol–water partition coefficient (Wildman–Crippen LogP) is 1.90. The van der Waals surface area contributed by atoms with Crippen molar-refractivity contribution in [3.63, 3.8) is 0 Å². The van der Waals surface area contributed by atoms with E-state index in [-0.39, 0.29) is 0 Å². The molecule has 0 radical (unpaired) electrons. The molecular formula is C10H21NOS. The highest BCUT2D eigenvalue weighted by Gasteiger charge is 2.41. The topological polar surface area (TPSA) is 21.3 Å². The lowest BCUT2D eigenvalue weighted by Crippen LogP contribution is -2.37. The van der Waals surface area contributed by atoms with Crippen LogP contribution in [0.3, 0.4) is 0 Å². The second-order valence-electron chi connectivity index (χ2n) is 3.83. The summed E-state index contributed by atoms with van der Waals surface area (Å²) in [5, 5.41) is 3.58. The molecule has 0 aromatic heterocycles. The van der Waals surface area contributed by atoms with E-state index in [1.54, 1.807) is 7.11 Å². The van der Waals surface area contributed by atoms with Crippen LogP contribution in [0.1, 0.15) is 26.2 Å². The summed E-state index contributed by atoms with van der Waals surface area (Å²) in [6.07, 6.45) is 6.12.